The second kappa shape index (κ2) is 9.52. The van der Waals surface area contributed by atoms with Crippen molar-refractivity contribution in [3.05, 3.63) is 71.3 Å². The van der Waals surface area contributed by atoms with Crippen LogP contribution in [0.5, 0.6) is 0 Å². The molecule has 0 bridgehead atoms. The number of carbonyl (C=O) groups excluding carboxylic acids is 3. The van der Waals surface area contributed by atoms with Crippen LogP contribution in [-0.2, 0) is 19.0 Å². The molecule has 0 saturated carbocycles. The minimum absolute atomic E-state index is 0.128. The normalized spacial score (nSPS) is 12.6. The molecular formula is C21H22O6. The lowest BCUT2D eigenvalue weighted by atomic mass is 9.96. The molecule has 0 saturated heterocycles. The Morgan fingerprint density at radius 1 is 0.889 bits per heavy atom. The van der Waals surface area contributed by atoms with Crippen LogP contribution in [0.2, 0.25) is 0 Å². The molecule has 6 heteroatoms. The van der Waals surface area contributed by atoms with Gasteiger partial charge in [0.05, 0.1) is 12.5 Å². The van der Waals surface area contributed by atoms with Crippen LogP contribution in [0.15, 0.2) is 54.6 Å². The maximum absolute atomic E-state index is 12.6. The van der Waals surface area contributed by atoms with E-state index in [0.717, 1.165) is 0 Å². The Hall–Kier alpha value is -3.15. The maximum Gasteiger partial charge on any atom is 0.511 e. The predicted molar refractivity (Wildman–Crippen MR) is 98.4 cm³/mol. The Bertz CT molecular complexity index is 799. The third-order valence-electron chi connectivity index (χ3n) is 3.84. The zero-order chi connectivity index (χ0) is 19.8. The number of ether oxygens (including phenoxy) is 3. The molecule has 0 amide bonds. The first-order chi connectivity index (χ1) is 12.9. The SMILES string of the molecule is CCOC(=O)OC(C)OC(=O)C(C)c1cccc(C(=O)c2ccccc2)c1. The van der Waals surface area contributed by atoms with Gasteiger partial charge >= 0.3 is 12.1 Å². The van der Waals surface area contributed by atoms with Crippen molar-refractivity contribution in [2.75, 3.05) is 6.61 Å². The van der Waals surface area contributed by atoms with Crippen LogP contribution in [0.3, 0.4) is 0 Å². The van der Waals surface area contributed by atoms with Crippen LogP contribution < -0.4 is 0 Å². The second-order valence-corrected chi connectivity index (χ2v) is 5.85. The number of hydrogen-bond donors (Lipinski definition) is 0. The van der Waals surface area contributed by atoms with E-state index < -0.39 is 24.3 Å². The first-order valence-corrected chi connectivity index (χ1v) is 8.66. The zero-order valence-electron chi connectivity index (χ0n) is 15.5. The molecule has 0 aliphatic rings. The molecule has 0 aliphatic carbocycles. The van der Waals surface area contributed by atoms with Crippen LogP contribution in [0, 0.1) is 0 Å². The molecule has 142 valence electrons. The fourth-order valence-corrected chi connectivity index (χ4v) is 2.42. The number of hydrogen-bond acceptors (Lipinski definition) is 6. The highest BCUT2D eigenvalue weighted by atomic mass is 16.8. The molecule has 0 heterocycles. The van der Waals surface area contributed by atoms with Crippen molar-refractivity contribution < 1.29 is 28.6 Å². The summed E-state index contributed by atoms with van der Waals surface area (Å²) in [6.07, 6.45) is -1.98. The quantitative estimate of drug-likeness (QED) is 0.415. The van der Waals surface area contributed by atoms with Gasteiger partial charge in [-0.2, -0.15) is 0 Å². The molecule has 6 nitrogen and oxygen atoms in total. The summed E-state index contributed by atoms with van der Waals surface area (Å²) in [6.45, 7) is 4.89. The van der Waals surface area contributed by atoms with Gasteiger partial charge < -0.3 is 14.2 Å². The van der Waals surface area contributed by atoms with Crippen molar-refractivity contribution in [2.45, 2.75) is 33.0 Å². The summed E-state index contributed by atoms with van der Waals surface area (Å²) < 4.78 is 14.6. The molecule has 0 spiro atoms. The molecule has 0 aliphatic heterocycles. The number of ketones is 1. The van der Waals surface area contributed by atoms with Crippen molar-refractivity contribution in [1.29, 1.82) is 0 Å². The number of rotatable bonds is 7. The summed E-state index contributed by atoms with van der Waals surface area (Å²) in [5.41, 5.74) is 1.68. The van der Waals surface area contributed by atoms with E-state index in [1.165, 1.54) is 6.92 Å². The lowest BCUT2D eigenvalue weighted by Gasteiger charge is -2.17. The van der Waals surface area contributed by atoms with E-state index in [-0.39, 0.29) is 12.4 Å². The van der Waals surface area contributed by atoms with Crippen molar-refractivity contribution in [1.82, 2.24) is 0 Å². The smallest absolute Gasteiger partial charge is 0.435 e. The number of benzene rings is 2. The minimum atomic E-state index is -1.08. The number of carbonyl (C=O) groups is 3. The Morgan fingerprint density at radius 2 is 1.56 bits per heavy atom. The Kier molecular flexibility index (Phi) is 7.11. The second-order valence-electron chi connectivity index (χ2n) is 5.85. The van der Waals surface area contributed by atoms with Gasteiger partial charge in [-0.25, -0.2) is 4.79 Å². The molecule has 2 atom stereocenters. The summed E-state index contributed by atoms with van der Waals surface area (Å²) >= 11 is 0. The Labute approximate surface area is 158 Å². The highest BCUT2D eigenvalue weighted by Gasteiger charge is 2.22. The van der Waals surface area contributed by atoms with Crippen LogP contribution in [-0.4, -0.2) is 30.8 Å². The van der Waals surface area contributed by atoms with Gasteiger partial charge in [0.2, 0.25) is 6.29 Å². The van der Waals surface area contributed by atoms with Gasteiger partial charge in [0.25, 0.3) is 0 Å². The Morgan fingerprint density at radius 3 is 2.22 bits per heavy atom. The molecule has 2 rings (SSSR count). The molecule has 0 fully saturated rings. The fraction of sp³-hybridized carbons (Fsp3) is 0.286. The first-order valence-electron chi connectivity index (χ1n) is 8.66. The van der Waals surface area contributed by atoms with E-state index in [2.05, 4.69) is 4.74 Å². The first kappa shape index (κ1) is 20.2. The van der Waals surface area contributed by atoms with Crippen LogP contribution >= 0.6 is 0 Å². The lowest BCUT2D eigenvalue weighted by Crippen LogP contribution is -2.25. The average Bonchev–Trinajstić information content (AvgIpc) is 2.67. The molecule has 2 unspecified atom stereocenters. The third-order valence-corrected chi connectivity index (χ3v) is 3.84. The third kappa shape index (κ3) is 5.67. The van der Waals surface area contributed by atoms with Crippen molar-refractivity contribution in [2.24, 2.45) is 0 Å². The maximum atomic E-state index is 12.6. The van der Waals surface area contributed by atoms with Gasteiger partial charge in [0.15, 0.2) is 5.78 Å². The monoisotopic (exact) mass is 370 g/mol. The van der Waals surface area contributed by atoms with Crippen molar-refractivity contribution >= 4 is 17.9 Å². The average molecular weight is 370 g/mol. The number of esters is 1. The summed E-state index contributed by atoms with van der Waals surface area (Å²) in [4.78, 5) is 36.1. The molecule has 0 radical (unpaired) electrons. The van der Waals surface area contributed by atoms with Crippen LogP contribution in [0.1, 0.15) is 48.2 Å². The topological polar surface area (TPSA) is 78.9 Å². The van der Waals surface area contributed by atoms with Crippen molar-refractivity contribution in [3.8, 4) is 0 Å². The molecule has 2 aromatic rings. The standard InChI is InChI=1S/C21H22O6/c1-4-25-21(24)27-15(3)26-20(23)14(2)17-11-8-12-18(13-17)19(22)16-9-6-5-7-10-16/h5-15H,4H2,1-3H3. The molecule has 0 N–H and O–H groups in total. The van der Waals surface area contributed by atoms with E-state index in [0.29, 0.717) is 16.7 Å². The van der Waals surface area contributed by atoms with E-state index >= 15 is 0 Å². The lowest BCUT2D eigenvalue weighted by molar-refractivity contribution is -0.169. The van der Waals surface area contributed by atoms with E-state index in [1.54, 1.807) is 62.4 Å². The largest absolute Gasteiger partial charge is 0.511 e. The fourth-order valence-electron chi connectivity index (χ4n) is 2.42. The molecule has 27 heavy (non-hydrogen) atoms. The van der Waals surface area contributed by atoms with Crippen molar-refractivity contribution in [3.63, 3.8) is 0 Å². The van der Waals surface area contributed by atoms with Gasteiger partial charge in [-0.3, -0.25) is 9.59 Å². The van der Waals surface area contributed by atoms with Gasteiger partial charge in [0.1, 0.15) is 0 Å². The van der Waals surface area contributed by atoms with E-state index in [9.17, 15) is 14.4 Å². The van der Waals surface area contributed by atoms with Crippen LogP contribution in [0.25, 0.3) is 0 Å². The highest BCUT2D eigenvalue weighted by molar-refractivity contribution is 6.09. The van der Waals surface area contributed by atoms with Gasteiger partial charge in [-0.05, 0) is 25.5 Å². The highest BCUT2D eigenvalue weighted by Crippen LogP contribution is 2.21. The summed E-state index contributed by atoms with van der Waals surface area (Å²) in [5.74, 6) is -1.34. The van der Waals surface area contributed by atoms with E-state index in [1.807, 2.05) is 6.07 Å². The zero-order valence-corrected chi connectivity index (χ0v) is 15.5. The Balaban J connectivity index is 2.06. The molecule has 2 aromatic carbocycles. The molecular weight excluding hydrogens is 348 g/mol. The predicted octanol–water partition coefficient (Wildman–Crippen LogP) is 4.08. The van der Waals surface area contributed by atoms with Gasteiger partial charge in [0, 0.05) is 18.1 Å². The summed E-state index contributed by atoms with van der Waals surface area (Å²) in [7, 11) is 0. The molecule has 0 aromatic heterocycles. The van der Waals surface area contributed by atoms with E-state index in [4.69, 9.17) is 9.47 Å². The van der Waals surface area contributed by atoms with Gasteiger partial charge in [-0.1, -0.05) is 48.5 Å². The summed E-state index contributed by atoms with van der Waals surface area (Å²) in [5, 5.41) is 0. The minimum Gasteiger partial charge on any atom is -0.435 e. The van der Waals surface area contributed by atoms with Gasteiger partial charge in [-0.15, -0.1) is 0 Å². The summed E-state index contributed by atoms with van der Waals surface area (Å²) in [6, 6.07) is 15.7. The van der Waals surface area contributed by atoms with Crippen LogP contribution in [0.4, 0.5) is 4.79 Å².